The normalized spacial score (nSPS) is 14.0. The molecule has 192 valence electrons. The second-order valence-electron chi connectivity index (χ2n) is 7.53. The first-order chi connectivity index (χ1) is 16.4. The lowest BCUT2D eigenvalue weighted by molar-refractivity contribution is -0.141. The zero-order valence-electron chi connectivity index (χ0n) is 18.5. The van der Waals surface area contributed by atoms with Gasteiger partial charge in [0.2, 0.25) is 17.7 Å². The second kappa shape index (κ2) is 14.6. The van der Waals surface area contributed by atoms with Crippen LogP contribution in [0, 0.1) is 0 Å². The lowest BCUT2D eigenvalue weighted by Crippen LogP contribution is -2.58. The van der Waals surface area contributed by atoms with E-state index in [1.165, 1.54) is 0 Å². The van der Waals surface area contributed by atoms with E-state index in [4.69, 9.17) is 15.9 Å². The maximum Gasteiger partial charge on any atom is 0.327 e. The van der Waals surface area contributed by atoms with Crippen LogP contribution in [0.25, 0.3) is 0 Å². The molecule has 4 atom stereocenters. The highest BCUT2D eigenvalue weighted by Crippen LogP contribution is 2.07. The largest absolute Gasteiger partial charge is 0.481 e. The summed E-state index contributed by atoms with van der Waals surface area (Å²) in [5.74, 6) is -6.93. The summed E-state index contributed by atoms with van der Waals surface area (Å²) in [5.41, 5.74) is 6.13. The van der Waals surface area contributed by atoms with Gasteiger partial charge in [-0.15, -0.1) is 0 Å². The molecule has 35 heavy (non-hydrogen) atoms. The van der Waals surface area contributed by atoms with Gasteiger partial charge in [0.25, 0.3) is 0 Å². The van der Waals surface area contributed by atoms with Crippen molar-refractivity contribution in [3.05, 3.63) is 35.9 Å². The number of carboxylic acids is 3. The van der Waals surface area contributed by atoms with Crippen molar-refractivity contribution in [3.8, 4) is 0 Å². The standard InChI is InChI=1S/C21H28N4O9S/c22-12(9-17(28)29)18(30)23-13(6-7-16(26)27)19(31)24-14(8-11-4-2-1-3-5-11)20(32)25-15(10-35)21(33)34/h1-5,12-15,35H,6-10,22H2,(H,23,30)(H,24,31)(H,25,32)(H,26,27)(H,28,29)(H,33,34). The predicted molar refractivity (Wildman–Crippen MR) is 125 cm³/mol. The van der Waals surface area contributed by atoms with Crippen molar-refractivity contribution in [1.82, 2.24) is 16.0 Å². The van der Waals surface area contributed by atoms with E-state index in [0.29, 0.717) is 5.56 Å². The molecule has 0 aliphatic carbocycles. The number of hydrogen-bond donors (Lipinski definition) is 8. The Balaban J connectivity index is 3.10. The summed E-state index contributed by atoms with van der Waals surface area (Å²) in [4.78, 5) is 71.1. The van der Waals surface area contributed by atoms with Gasteiger partial charge in [-0.05, 0) is 12.0 Å². The van der Waals surface area contributed by atoms with Gasteiger partial charge in [0.1, 0.15) is 18.1 Å². The Bertz CT molecular complexity index is 929. The van der Waals surface area contributed by atoms with Gasteiger partial charge in [-0.1, -0.05) is 30.3 Å². The molecule has 1 rings (SSSR count). The van der Waals surface area contributed by atoms with Crippen LogP contribution in [0.4, 0.5) is 0 Å². The van der Waals surface area contributed by atoms with Crippen molar-refractivity contribution in [1.29, 1.82) is 0 Å². The Labute approximate surface area is 205 Å². The van der Waals surface area contributed by atoms with Gasteiger partial charge in [0.05, 0.1) is 12.5 Å². The Morgan fingerprint density at radius 1 is 0.800 bits per heavy atom. The first-order valence-electron chi connectivity index (χ1n) is 10.4. The third kappa shape index (κ3) is 10.9. The van der Waals surface area contributed by atoms with Gasteiger partial charge in [0.15, 0.2) is 0 Å². The van der Waals surface area contributed by atoms with Crippen LogP contribution in [0.3, 0.4) is 0 Å². The maximum atomic E-state index is 12.9. The van der Waals surface area contributed by atoms with Gasteiger partial charge in [-0.3, -0.25) is 24.0 Å². The third-order valence-corrected chi connectivity index (χ3v) is 5.09. The highest BCUT2D eigenvalue weighted by atomic mass is 32.1. The fourth-order valence-corrected chi connectivity index (χ4v) is 3.13. The van der Waals surface area contributed by atoms with E-state index in [-0.39, 0.29) is 18.6 Å². The van der Waals surface area contributed by atoms with Crippen LogP contribution in [-0.4, -0.2) is 80.9 Å². The number of amides is 3. The summed E-state index contributed by atoms with van der Waals surface area (Å²) in [7, 11) is 0. The van der Waals surface area contributed by atoms with Gasteiger partial charge in [0, 0.05) is 18.6 Å². The highest BCUT2D eigenvalue weighted by Gasteiger charge is 2.30. The van der Waals surface area contributed by atoms with Crippen LogP contribution in [0.2, 0.25) is 0 Å². The molecule has 1 aromatic rings. The molecule has 0 saturated heterocycles. The van der Waals surface area contributed by atoms with Crippen molar-refractivity contribution in [2.75, 3.05) is 5.75 Å². The highest BCUT2D eigenvalue weighted by molar-refractivity contribution is 7.80. The molecule has 0 saturated carbocycles. The molecule has 0 aliphatic rings. The molecular weight excluding hydrogens is 484 g/mol. The SMILES string of the molecule is NC(CC(=O)O)C(=O)NC(CCC(=O)O)C(=O)NC(Cc1ccccc1)C(=O)NC(CS)C(=O)O. The molecule has 13 nitrogen and oxygen atoms in total. The molecule has 4 unspecified atom stereocenters. The van der Waals surface area contributed by atoms with E-state index in [0.717, 1.165) is 0 Å². The number of aliphatic carboxylic acids is 3. The smallest absolute Gasteiger partial charge is 0.327 e. The number of carbonyl (C=O) groups is 6. The molecule has 0 bridgehead atoms. The summed E-state index contributed by atoms with van der Waals surface area (Å²) in [6, 6.07) is 2.90. The fourth-order valence-electron chi connectivity index (χ4n) is 2.89. The Morgan fingerprint density at radius 2 is 1.34 bits per heavy atom. The van der Waals surface area contributed by atoms with Crippen LogP contribution in [0.1, 0.15) is 24.8 Å². The number of nitrogens with two attached hydrogens (primary N) is 1. The van der Waals surface area contributed by atoms with E-state index in [1.807, 2.05) is 0 Å². The molecule has 0 heterocycles. The van der Waals surface area contributed by atoms with E-state index < -0.39 is 72.6 Å². The van der Waals surface area contributed by atoms with Crippen molar-refractivity contribution < 1.29 is 44.1 Å². The van der Waals surface area contributed by atoms with Crippen molar-refractivity contribution in [2.24, 2.45) is 5.73 Å². The fraction of sp³-hybridized carbons (Fsp3) is 0.429. The summed E-state index contributed by atoms with van der Waals surface area (Å²) < 4.78 is 0. The monoisotopic (exact) mass is 512 g/mol. The molecule has 3 amide bonds. The van der Waals surface area contributed by atoms with E-state index in [2.05, 4.69) is 28.6 Å². The molecule has 0 fully saturated rings. The number of thiol groups is 1. The van der Waals surface area contributed by atoms with Crippen LogP contribution in [0.15, 0.2) is 30.3 Å². The zero-order valence-corrected chi connectivity index (χ0v) is 19.4. The molecule has 8 N–H and O–H groups in total. The molecular formula is C21H28N4O9S. The predicted octanol–water partition coefficient (Wildman–Crippen LogP) is -1.64. The number of hydrogen-bond acceptors (Lipinski definition) is 8. The van der Waals surface area contributed by atoms with Crippen LogP contribution in [0.5, 0.6) is 0 Å². The summed E-state index contributed by atoms with van der Waals surface area (Å²) in [6.45, 7) is 0. The number of carbonyl (C=O) groups excluding carboxylic acids is 3. The molecule has 0 aromatic heterocycles. The number of rotatable bonds is 15. The van der Waals surface area contributed by atoms with Gasteiger partial charge < -0.3 is 37.0 Å². The maximum absolute atomic E-state index is 12.9. The zero-order chi connectivity index (χ0) is 26.5. The van der Waals surface area contributed by atoms with Gasteiger partial charge in [-0.25, -0.2) is 4.79 Å². The number of nitrogens with one attached hydrogen (secondary N) is 3. The first-order valence-corrected chi connectivity index (χ1v) is 11.1. The minimum absolute atomic E-state index is 0.0462. The lowest BCUT2D eigenvalue weighted by atomic mass is 10.0. The van der Waals surface area contributed by atoms with Crippen molar-refractivity contribution in [2.45, 2.75) is 49.9 Å². The van der Waals surface area contributed by atoms with Crippen molar-refractivity contribution in [3.63, 3.8) is 0 Å². The summed E-state index contributed by atoms with van der Waals surface area (Å²) >= 11 is 3.89. The van der Waals surface area contributed by atoms with Crippen LogP contribution in [-0.2, 0) is 35.2 Å². The van der Waals surface area contributed by atoms with Gasteiger partial charge >= 0.3 is 17.9 Å². The van der Waals surface area contributed by atoms with Gasteiger partial charge in [-0.2, -0.15) is 12.6 Å². The summed E-state index contributed by atoms with van der Waals surface area (Å²) in [6.07, 6.45) is -1.67. The molecule has 14 heteroatoms. The molecule has 0 aliphatic heterocycles. The lowest BCUT2D eigenvalue weighted by Gasteiger charge is -2.25. The average molecular weight is 513 g/mol. The quantitative estimate of drug-likeness (QED) is 0.125. The minimum atomic E-state index is -1.50. The Kier molecular flexibility index (Phi) is 12.2. The Hall–Kier alpha value is -3.65. The van der Waals surface area contributed by atoms with Crippen molar-refractivity contribution >= 4 is 48.3 Å². The topological polar surface area (TPSA) is 225 Å². The van der Waals surface area contributed by atoms with Crippen LogP contribution >= 0.6 is 12.6 Å². The van der Waals surface area contributed by atoms with E-state index in [9.17, 15) is 33.9 Å². The number of benzene rings is 1. The van der Waals surface area contributed by atoms with E-state index >= 15 is 0 Å². The molecule has 1 aromatic carbocycles. The third-order valence-electron chi connectivity index (χ3n) is 4.72. The molecule has 0 radical (unpaired) electrons. The minimum Gasteiger partial charge on any atom is -0.481 e. The molecule has 0 spiro atoms. The summed E-state index contributed by atoms with van der Waals surface area (Å²) in [5, 5.41) is 33.9. The average Bonchev–Trinajstić information content (AvgIpc) is 2.79. The van der Waals surface area contributed by atoms with Crippen LogP contribution < -0.4 is 21.7 Å². The Morgan fingerprint density at radius 3 is 1.86 bits per heavy atom. The first kappa shape index (κ1) is 29.4. The number of carboxylic acid groups (broad SMARTS) is 3. The van der Waals surface area contributed by atoms with E-state index in [1.54, 1.807) is 30.3 Å². The second-order valence-corrected chi connectivity index (χ2v) is 7.90.